The van der Waals surface area contributed by atoms with Crippen LogP contribution in [0.25, 0.3) is 0 Å². The summed E-state index contributed by atoms with van der Waals surface area (Å²) in [5, 5.41) is 12.6. The molecule has 1 unspecified atom stereocenters. The van der Waals surface area contributed by atoms with Crippen molar-refractivity contribution in [1.29, 1.82) is 0 Å². The lowest BCUT2D eigenvalue weighted by Crippen LogP contribution is -2.43. The van der Waals surface area contributed by atoms with Crippen molar-refractivity contribution in [2.45, 2.75) is 52.0 Å². The number of carboxylic acids is 1. The van der Waals surface area contributed by atoms with Gasteiger partial charge in [0.1, 0.15) is 5.54 Å². The molecule has 0 amide bonds. The Kier molecular flexibility index (Phi) is 5.20. The van der Waals surface area contributed by atoms with Gasteiger partial charge in [-0.1, -0.05) is 44.4 Å². The number of hydrogen-bond acceptors (Lipinski definition) is 2. The molecule has 0 fully saturated rings. The minimum atomic E-state index is -0.888. The summed E-state index contributed by atoms with van der Waals surface area (Å²) in [5.41, 5.74) is 1.08. The first-order valence-electron chi connectivity index (χ1n) is 6.57. The van der Waals surface area contributed by atoms with Gasteiger partial charge in [0.15, 0.2) is 0 Å². The quantitative estimate of drug-likeness (QED) is 0.722. The van der Waals surface area contributed by atoms with E-state index in [2.05, 4.69) is 12.2 Å². The van der Waals surface area contributed by atoms with Crippen LogP contribution in [0, 0.1) is 6.92 Å². The first kappa shape index (κ1) is 14.6. The number of para-hydroxylation sites is 1. The molecular formula is C15H23NO2. The molecule has 1 atom stereocenters. The Morgan fingerprint density at radius 3 is 2.56 bits per heavy atom. The Balaban J connectivity index is 2.79. The monoisotopic (exact) mass is 249 g/mol. The lowest BCUT2D eigenvalue weighted by molar-refractivity contribution is -0.142. The van der Waals surface area contributed by atoms with Crippen LogP contribution in [-0.4, -0.2) is 16.6 Å². The number of aliphatic carboxylic acids is 1. The lowest BCUT2D eigenvalue weighted by Gasteiger charge is -2.28. The van der Waals surface area contributed by atoms with Crippen LogP contribution in [0.1, 0.15) is 45.1 Å². The average molecular weight is 249 g/mol. The van der Waals surface area contributed by atoms with Gasteiger partial charge in [-0.25, -0.2) is 4.79 Å². The number of unbranched alkanes of at least 4 members (excludes halogenated alkanes) is 2. The fraction of sp³-hybridized carbons (Fsp3) is 0.533. The van der Waals surface area contributed by atoms with Crippen LogP contribution in [0.4, 0.5) is 5.69 Å². The van der Waals surface area contributed by atoms with Crippen molar-refractivity contribution in [3.63, 3.8) is 0 Å². The van der Waals surface area contributed by atoms with Gasteiger partial charge in [0, 0.05) is 5.69 Å². The summed E-state index contributed by atoms with van der Waals surface area (Å²) in [6, 6.07) is 7.78. The van der Waals surface area contributed by atoms with Gasteiger partial charge in [0.2, 0.25) is 0 Å². The predicted molar refractivity (Wildman–Crippen MR) is 75.0 cm³/mol. The third kappa shape index (κ3) is 3.76. The fourth-order valence-electron chi connectivity index (χ4n) is 1.96. The molecule has 100 valence electrons. The van der Waals surface area contributed by atoms with E-state index in [4.69, 9.17) is 0 Å². The van der Waals surface area contributed by atoms with Crippen molar-refractivity contribution in [3.05, 3.63) is 29.8 Å². The Hall–Kier alpha value is -1.51. The van der Waals surface area contributed by atoms with Gasteiger partial charge >= 0.3 is 5.97 Å². The molecule has 18 heavy (non-hydrogen) atoms. The summed E-state index contributed by atoms with van der Waals surface area (Å²) in [4.78, 5) is 11.5. The zero-order valence-electron chi connectivity index (χ0n) is 11.5. The summed E-state index contributed by atoms with van der Waals surface area (Å²) >= 11 is 0. The van der Waals surface area contributed by atoms with Crippen molar-refractivity contribution in [2.75, 3.05) is 5.32 Å². The van der Waals surface area contributed by atoms with Crippen molar-refractivity contribution in [2.24, 2.45) is 0 Å². The van der Waals surface area contributed by atoms with Crippen LogP contribution in [0.3, 0.4) is 0 Å². The van der Waals surface area contributed by atoms with Gasteiger partial charge in [-0.15, -0.1) is 0 Å². The molecule has 0 bridgehead atoms. The van der Waals surface area contributed by atoms with E-state index in [9.17, 15) is 9.90 Å². The Morgan fingerprint density at radius 1 is 1.33 bits per heavy atom. The summed E-state index contributed by atoms with van der Waals surface area (Å²) in [7, 11) is 0. The van der Waals surface area contributed by atoms with Crippen molar-refractivity contribution in [3.8, 4) is 0 Å². The van der Waals surface area contributed by atoms with Gasteiger partial charge in [-0.3, -0.25) is 0 Å². The van der Waals surface area contributed by atoms with Crippen molar-refractivity contribution >= 4 is 11.7 Å². The molecule has 3 nitrogen and oxygen atoms in total. The minimum Gasteiger partial charge on any atom is -0.480 e. The van der Waals surface area contributed by atoms with E-state index in [-0.39, 0.29) is 0 Å². The number of benzene rings is 1. The molecule has 0 radical (unpaired) electrons. The fourth-order valence-corrected chi connectivity index (χ4v) is 1.96. The molecule has 0 spiro atoms. The van der Waals surface area contributed by atoms with Crippen LogP contribution < -0.4 is 5.32 Å². The minimum absolute atomic E-state index is 0.643. The second kappa shape index (κ2) is 6.43. The molecule has 0 aliphatic rings. The maximum Gasteiger partial charge on any atom is 0.329 e. The molecule has 1 aromatic rings. The predicted octanol–water partition coefficient (Wildman–Crippen LogP) is 3.83. The van der Waals surface area contributed by atoms with E-state index in [1.165, 1.54) is 0 Å². The van der Waals surface area contributed by atoms with E-state index < -0.39 is 11.5 Å². The zero-order chi connectivity index (χ0) is 13.6. The van der Waals surface area contributed by atoms with E-state index in [0.717, 1.165) is 30.5 Å². The number of hydrogen-bond donors (Lipinski definition) is 2. The van der Waals surface area contributed by atoms with E-state index in [1.807, 2.05) is 31.2 Å². The lowest BCUT2D eigenvalue weighted by atomic mass is 9.93. The van der Waals surface area contributed by atoms with Gasteiger partial charge in [-0.05, 0) is 31.9 Å². The van der Waals surface area contributed by atoms with Gasteiger partial charge < -0.3 is 10.4 Å². The van der Waals surface area contributed by atoms with E-state index >= 15 is 0 Å². The average Bonchev–Trinajstić information content (AvgIpc) is 2.32. The van der Waals surface area contributed by atoms with Crippen LogP contribution in [-0.2, 0) is 4.79 Å². The normalized spacial score (nSPS) is 13.9. The Bertz CT molecular complexity index is 403. The highest BCUT2D eigenvalue weighted by Crippen LogP contribution is 2.24. The molecule has 1 aromatic carbocycles. The number of carboxylic acid groups (broad SMARTS) is 1. The first-order valence-corrected chi connectivity index (χ1v) is 6.57. The summed E-state index contributed by atoms with van der Waals surface area (Å²) < 4.78 is 0. The molecule has 0 saturated heterocycles. The van der Waals surface area contributed by atoms with Gasteiger partial charge in [-0.2, -0.15) is 0 Å². The molecule has 0 aromatic heterocycles. The highest BCUT2D eigenvalue weighted by molar-refractivity contribution is 5.82. The van der Waals surface area contributed by atoms with Crippen LogP contribution in [0.2, 0.25) is 0 Å². The number of anilines is 1. The van der Waals surface area contributed by atoms with Crippen molar-refractivity contribution < 1.29 is 9.90 Å². The second-order valence-electron chi connectivity index (χ2n) is 5.03. The molecular weight excluding hydrogens is 226 g/mol. The Labute approximate surface area is 109 Å². The highest BCUT2D eigenvalue weighted by atomic mass is 16.4. The number of nitrogens with one attached hydrogen (secondary N) is 1. The topological polar surface area (TPSA) is 49.3 Å². The first-order chi connectivity index (χ1) is 8.49. The summed E-state index contributed by atoms with van der Waals surface area (Å²) in [5.74, 6) is -0.790. The van der Waals surface area contributed by atoms with E-state index in [1.54, 1.807) is 6.92 Å². The maximum atomic E-state index is 11.5. The largest absolute Gasteiger partial charge is 0.480 e. The van der Waals surface area contributed by atoms with Gasteiger partial charge in [0.25, 0.3) is 0 Å². The third-order valence-corrected chi connectivity index (χ3v) is 3.31. The number of rotatable bonds is 7. The molecule has 0 aliphatic heterocycles. The molecule has 0 aliphatic carbocycles. The van der Waals surface area contributed by atoms with Crippen molar-refractivity contribution in [1.82, 2.24) is 0 Å². The van der Waals surface area contributed by atoms with E-state index in [0.29, 0.717) is 6.42 Å². The summed E-state index contributed by atoms with van der Waals surface area (Å²) in [6.45, 7) is 5.86. The molecule has 0 saturated carbocycles. The SMILES string of the molecule is CCCCCC(C)(Nc1ccccc1C)C(=O)O. The molecule has 3 heteroatoms. The Morgan fingerprint density at radius 2 is 2.00 bits per heavy atom. The zero-order valence-corrected chi connectivity index (χ0v) is 11.5. The standard InChI is InChI=1S/C15H23NO2/c1-4-5-8-11-15(3,14(17)18)16-13-10-7-6-9-12(13)2/h6-7,9-10,16H,4-5,8,11H2,1-3H3,(H,17,18). The highest BCUT2D eigenvalue weighted by Gasteiger charge is 2.32. The molecule has 1 rings (SSSR count). The van der Waals surface area contributed by atoms with Crippen LogP contribution in [0.15, 0.2) is 24.3 Å². The molecule has 0 heterocycles. The number of aryl methyl sites for hydroxylation is 1. The molecule has 2 N–H and O–H groups in total. The van der Waals surface area contributed by atoms with Crippen LogP contribution in [0.5, 0.6) is 0 Å². The van der Waals surface area contributed by atoms with Crippen LogP contribution >= 0.6 is 0 Å². The third-order valence-electron chi connectivity index (χ3n) is 3.31. The van der Waals surface area contributed by atoms with Gasteiger partial charge in [0.05, 0.1) is 0 Å². The maximum absolute atomic E-state index is 11.5. The smallest absolute Gasteiger partial charge is 0.329 e. The summed E-state index contributed by atoms with van der Waals surface area (Å²) in [6.07, 6.45) is 3.74. The second-order valence-corrected chi connectivity index (χ2v) is 5.03. The number of carbonyl (C=O) groups is 1.